The van der Waals surface area contributed by atoms with Crippen molar-refractivity contribution in [3.63, 3.8) is 0 Å². The second-order valence-electron chi connectivity index (χ2n) is 8.30. The van der Waals surface area contributed by atoms with Crippen molar-refractivity contribution < 1.29 is 8.78 Å². The van der Waals surface area contributed by atoms with Crippen molar-refractivity contribution in [1.82, 2.24) is 5.32 Å². The van der Waals surface area contributed by atoms with Crippen LogP contribution in [0.1, 0.15) is 31.7 Å². The van der Waals surface area contributed by atoms with E-state index in [9.17, 15) is 4.39 Å². The van der Waals surface area contributed by atoms with Gasteiger partial charge < -0.3 is 10.2 Å². The maximum atomic E-state index is 15.3. The van der Waals surface area contributed by atoms with Crippen LogP contribution in [0.2, 0.25) is 0 Å². The minimum atomic E-state index is -0.268. The van der Waals surface area contributed by atoms with E-state index in [0.29, 0.717) is 27.8 Å². The maximum Gasteiger partial charge on any atom is 0.133 e. The molecule has 0 spiro atoms. The molecule has 2 aromatic rings. The summed E-state index contributed by atoms with van der Waals surface area (Å²) in [7, 11) is 3.84. The highest BCUT2D eigenvalue weighted by molar-refractivity contribution is 5.77. The molecule has 4 heteroatoms. The number of hydrogen-bond acceptors (Lipinski definition) is 2. The topological polar surface area (TPSA) is 15.3 Å². The molecule has 2 aromatic carbocycles. The molecule has 4 rings (SSSR count). The van der Waals surface area contributed by atoms with Gasteiger partial charge in [0.05, 0.1) is 0 Å². The van der Waals surface area contributed by atoms with E-state index in [1.54, 1.807) is 0 Å². The van der Waals surface area contributed by atoms with Gasteiger partial charge >= 0.3 is 0 Å². The summed E-state index contributed by atoms with van der Waals surface area (Å²) in [5.41, 5.74) is 4.04. The monoisotopic (exact) mass is 394 g/mol. The molecule has 0 aromatic heterocycles. The number of fused-ring (bicyclic) bond motifs is 1. The van der Waals surface area contributed by atoms with Crippen LogP contribution in [0, 0.1) is 17.6 Å². The number of benzene rings is 2. The van der Waals surface area contributed by atoms with E-state index in [0.717, 1.165) is 43.3 Å². The molecule has 152 valence electrons. The molecule has 1 aliphatic carbocycles. The zero-order valence-corrected chi connectivity index (χ0v) is 17.4. The van der Waals surface area contributed by atoms with Crippen LogP contribution in [0.15, 0.2) is 29.8 Å². The number of rotatable bonds is 4. The predicted molar refractivity (Wildman–Crippen MR) is 118 cm³/mol. The van der Waals surface area contributed by atoms with Crippen molar-refractivity contribution in [2.75, 3.05) is 32.1 Å². The number of nitrogens with zero attached hydrogens (tertiary/aromatic N) is 1. The van der Waals surface area contributed by atoms with Crippen LogP contribution in [-0.2, 0) is 0 Å². The third kappa shape index (κ3) is 3.99. The highest BCUT2D eigenvalue weighted by Crippen LogP contribution is 2.33. The van der Waals surface area contributed by atoms with Gasteiger partial charge in [-0.3, -0.25) is 0 Å². The van der Waals surface area contributed by atoms with Crippen LogP contribution in [0.3, 0.4) is 0 Å². The first kappa shape index (κ1) is 19.8. The van der Waals surface area contributed by atoms with E-state index < -0.39 is 0 Å². The summed E-state index contributed by atoms with van der Waals surface area (Å²) < 4.78 is 29.8. The lowest BCUT2D eigenvalue weighted by atomic mass is 9.89. The molecule has 0 saturated carbocycles. The zero-order chi connectivity index (χ0) is 20.5. The Labute approximate surface area is 171 Å². The Kier molecular flexibility index (Phi) is 5.55. The van der Waals surface area contributed by atoms with Crippen LogP contribution in [0.5, 0.6) is 0 Å². The van der Waals surface area contributed by atoms with Gasteiger partial charge in [0.1, 0.15) is 11.6 Å². The molecule has 1 fully saturated rings. The van der Waals surface area contributed by atoms with Crippen molar-refractivity contribution in [3.8, 4) is 11.1 Å². The Bertz CT molecular complexity index is 1080. The van der Waals surface area contributed by atoms with Gasteiger partial charge in [0.15, 0.2) is 0 Å². The van der Waals surface area contributed by atoms with Crippen LogP contribution >= 0.6 is 0 Å². The van der Waals surface area contributed by atoms with E-state index in [2.05, 4.69) is 12.2 Å². The Balaban J connectivity index is 1.78. The normalized spacial score (nSPS) is 16.9. The molecule has 0 bridgehead atoms. The quantitative estimate of drug-likeness (QED) is 0.841. The summed E-state index contributed by atoms with van der Waals surface area (Å²) in [6.45, 7) is 4.12. The van der Waals surface area contributed by atoms with E-state index in [1.807, 2.05) is 49.4 Å². The molecular formula is C25H28F2N2. The molecule has 0 atom stereocenters. The van der Waals surface area contributed by atoms with Crippen LogP contribution < -0.4 is 20.7 Å². The van der Waals surface area contributed by atoms with Gasteiger partial charge in [0, 0.05) is 30.6 Å². The van der Waals surface area contributed by atoms with Gasteiger partial charge in [-0.1, -0.05) is 23.8 Å². The number of allylic oxidation sites excluding steroid dienone is 1. The largest absolute Gasteiger partial charge is 0.377 e. The van der Waals surface area contributed by atoms with Crippen molar-refractivity contribution in [2.24, 2.45) is 5.92 Å². The van der Waals surface area contributed by atoms with Gasteiger partial charge in [-0.05, 0) is 85.8 Å². The molecular weight excluding hydrogens is 366 g/mol. The highest BCUT2D eigenvalue weighted by atomic mass is 19.1. The molecule has 0 unspecified atom stereocenters. The molecule has 0 amide bonds. The molecule has 1 saturated heterocycles. The molecule has 1 heterocycles. The summed E-state index contributed by atoms with van der Waals surface area (Å²) in [6, 6.07) is 6.96. The Morgan fingerprint density at radius 3 is 2.41 bits per heavy atom. The van der Waals surface area contributed by atoms with Crippen molar-refractivity contribution in [1.29, 1.82) is 0 Å². The zero-order valence-electron chi connectivity index (χ0n) is 17.4. The van der Waals surface area contributed by atoms with Gasteiger partial charge in [-0.2, -0.15) is 0 Å². The first-order valence-corrected chi connectivity index (χ1v) is 10.3. The summed E-state index contributed by atoms with van der Waals surface area (Å²) in [4.78, 5) is 1.93. The first-order valence-electron chi connectivity index (χ1n) is 10.3. The van der Waals surface area contributed by atoms with Crippen LogP contribution in [0.25, 0.3) is 29.4 Å². The lowest BCUT2D eigenvalue weighted by Crippen LogP contribution is -2.28. The fourth-order valence-electron chi connectivity index (χ4n) is 4.40. The van der Waals surface area contributed by atoms with E-state index in [-0.39, 0.29) is 11.6 Å². The summed E-state index contributed by atoms with van der Waals surface area (Å²) in [6.07, 6.45) is 8.80. The molecule has 2 nitrogen and oxygen atoms in total. The van der Waals surface area contributed by atoms with Crippen LogP contribution in [-0.4, -0.2) is 27.2 Å². The van der Waals surface area contributed by atoms with Crippen LogP contribution in [0.4, 0.5) is 14.5 Å². The van der Waals surface area contributed by atoms with E-state index in [1.165, 1.54) is 17.7 Å². The van der Waals surface area contributed by atoms with E-state index in [4.69, 9.17) is 0 Å². The molecule has 29 heavy (non-hydrogen) atoms. The average molecular weight is 395 g/mol. The predicted octanol–water partition coefficient (Wildman–Crippen LogP) is 4.07. The lowest BCUT2D eigenvalue weighted by Gasteiger charge is -2.24. The molecule has 1 N–H and O–H groups in total. The third-order valence-corrected chi connectivity index (χ3v) is 6.10. The van der Waals surface area contributed by atoms with Crippen molar-refractivity contribution >= 4 is 23.9 Å². The number of piperidine rings is 1. The second kappa shape index (κ2) is 8.11. The first-order chi connectivity index (χ1) is 13.9. The molecule has 1 aliphatic heterocycles. The fraction of sp³-hybridized carbons (Fsp3) is 0.360. The molecule has 0 radical (unpaired) electrons. The Morgan fingerprint density at radius 1 is 1.00 bits per heavy atom. The molecule has 2 aliphatic rings. The second-order valence-corrected chi connectivity index (χ2v) is 8.30. The number of anilines is 1. The van der Waals surface area contributed by atoms with Gasteiger partial charge in [-0.15, -0.1) is 0 Å². The Morgan fingerprint density at radius 2 is 1.69 bits per heavy atom. The van der Waals surface area contributed by atoms with Crippen molar-refractivity contribution in [3.05, 3.63) is 57.5 Å². The summed E-state index contributed by atoms with van der Waals surface area (Å²) >= 11 is 0. The minimum Gasteiger partial charge on any atom is -0.377 e. The number of hydrogen-bond donors (Lipinski definition) is 1. The number of halogens is 2. The minimum absolute atomic E-state index is 0.246. The SMILES string of the molecule is C/C(=C\c1c(F)cc(-c2cc(F)c3c(c2)=CCC=3)cc1N(C)C)C1CCNCC1. The highest BCUT2D eigenvalue weighted by Gasteiger charge is 2.18. The Hall–Kier alpha value is -2.46. The van der Waals surface area contributed by atoms with Gasteiger partial charge in [0.2, 0.25) is 0 Å². The standard InChI is InChI=1S/C25H28F2N2/c1-16(17-7-9-28-10-8-17)11-22-24(27)14-20(15-25(22)29(2)3)19-12-18-5-4-6-21(18)23(26)13-19/h5-6,11-15,17,28H,4,7-10H2,1-3H3/b16-11+. The van der Waals surface area contributed by atoms with E-state index >= 15 is 4.39 Å². The summed E-state index contributed by atoms with van der Waals surface area (Å²) in [5.74, 6) is -0.0253. The lowest BCUT2D eigenvalue weighted by molar-refractivity contribution is 0.421. The fourth-order valence-corrected chi connectivity index (χ4v) is 4.40. The smallest absolute Gasteiger partial charge is 0.133 e. The average Bonchev–Trinajstić information content (AvgIpc) is 3.19. The van der Waals surface area contributed by atoms with Gasteiger partial charge in [0.25, 0.3) is 0 Å². The third-order valence-electron chi connectivity index (χ3n) is 6.10. The van der Waals surface area contributed by atoms with Crippen molar-refractivity contribution in [2.45, 2.75) is 26.2 Å². The number of nitrogens with one attached hydrogen (secondary N) is 1. The maximum absolute atomic E-state index is 15.3. The summed E-state index contributed by atoms with van der Waals surface area (Å²) in [5, 5.41) is 4.92. The van der Waals surface area contributed by atoms with Gasteiger partial charge in [-0.25, -0.2) is 8.78 Å².